The Morgan fingerprint density at radius 1 is 1.26 bits per heavy atom. The number of amides is 2. The first kappa shape index (κ1) is 18.7. The highest BCUT2D eigenvalue weighted by Crippen LogP contribution is 2.35. The van der Waals surface area contributed by atoms with Crippen LogP contribution in [-0.2, 0) is 0 Å². The quantitative estimate of drug-likeness (QED) is 0.773. The molecule has 2 aromatic rings. The molecule has 1 heterocycles. The second-order valence-corrected chi connectivity index (χ2v) is 5.99. The van der Waals surface area contributed by atoms with Gasteiger partial charge in [0.25, 0.3) is 0 Å². The lowest BCUT2D eigenvalue weighted by Gasteiger charge is -2.22. The smallest absolute Gasteiger partial charge is 0.321 e. The van der Waals surface area contributed by atoms with E-state index in [1.165, 1.54) is 12.0 Å². The van der Waals surface area contributed by atoms with Gasteiger partial charge < -0.3 is 34.3 Å². The maximum Gasteiger partial charge on any atom is 0.321 e. The molecular weight excluding hydrogens is 352 g/mol. The van der Waals surface area contributed by atoms with Gasteiger partial charge in [0.2, 0.25) is 6.79 Å². The predicted molar refractivity (Wildman–Crippen MR) is 98.7 cm³/mol. The number of nitrogens with zero attached hydrogens (tertiary/aromatic N) is 1. The minimum atomic E-state index is -0.858. The second-order valence-electron chi connectivity index (χ2n) is 5.99. The Kier molecular flexibility index (Phi) is 5.87. The lowest BCUT2D eigenvalue weighted by atomic mass is 10.3. The number of benzene rings is 2. The molecule has 3 rings (SSSR count). The van der Waals surface area contributed by atoms with Crippen LogP contribution in [0.25, 0.3) is 0 Å². The maximum atomic E-state index is 12.3. The van der Waals surface area contributed by atoms with Gasteiger partial charge in [-0.25, -0.2) is 4.79 Å². The van der Waals surface area contributed by atoms with E-state index < -0.39 is 6.10 Å². The number of ether oxygens (including phenoxy) is 4. The van der Waals surface area contributed by atoms with E-state index in [0.29, 0.717) is 28.7 Å². The Bertz CT molecular complexity index is 798. The van der Waals surface area contributed by atoms with Gasteiger partial charge in [0.1, 0.15) is 24.2 Å². The van der Waals surface area contributed by atoms with Crippen molar-refractivity contribution in [3.63, 3.8) is 0 Å². The number of carbonyl (C=O) groups is 1. The molecule has 0 bridgehead atoms. The van der Waals surface area contributed by atoms with Gasteiger partial charge in [-0.3, -0.25) is 0 Å². The summed E-state index contributed by atoms with van der Waals surface area (Å²) in [5.41, 5.74) is 0.558. The first-order chi connectivity index (χ1) is 13.1. The third-order valence-electron chi connectivity index (χ3n) is 3.97. The average molecular weight is 374 g/mol. The lowest BCUT2D eigenvalue weighted by Crippen LogP contribution is -2.39. The Morgan fingerprint density at radius 3 is 2.85 bits per heavy atom. The molecular formula is C19H22N2O6. The van der Waals surface area contributed by atoms with Crippen molar-refractivity contribution in [1.29, 1.82) is 0 Å². The molecule has 27 heavy (non-hydrogen) atoms. The van der Waals surface area contributed by atoms with Crippen molar-refractivity contribution in [2.45, 2.75) is 6.10 Å². The van der Waals surface area contributed by atoms with E-state index in [2.05, 4.69) is 5.32 Å². The third kappa shape index (κ3) is 4.73. The molecule has 0 saturated carbocycles. The average Bonchev–Trinajstić information content (AvgIpc) is 3.14. The van der Waals surface area contributed by atoms with Crippen molar-refractivity contribution in [1.82, 2.24) is 4.90 Å². The van der Waals surface area contributed by atoms with Crippen LogP contribution in [0.2, 0.25) is 0 Å². The number of hydrogen-bond acceptors (Lipinski definition) is 6. The van der Waals surface area contributed by atoms with E-state index in [0.717, 1.165) is 0 Å². The van der Waals surface area contributed by atoms with Gasteiger partial charge >= 0.3 is 6.03 Å². The number of urea groups is 1. The topological polar surface area (TPSA) is 89.5 Å². The van der Waals surface area contributed by atoms with Crippen molar-refractivity contribution in [3.05, 3.63) is 42.5 Å². The fourth-order valence-electron chi connectivity index (χ4n) is 2.57. The summed E-state index contributed by atoms with van der Waals surface area (Å²) < 4.78 is 21.3. The predicted octanol–water partition coefficient (Wildman–Crippen LogP) is 2.33. The molecule has 1 aliphatic heterocycles. The highest BCUT2D eigenvalue weighted by Gasteiger charge is 2.17. The van der Waals surface area contributed by atoms with Crippen LogP contribution in [0.1, 0.15) is 0 Å². The summed E-state index contributed by atoms with van der Waals surface area (Å²) in [7, 11) is 3.13. The molecule has 0 fully saturated rings. The number of anilines is 1. The molecule has 1 aliphatic rings. The van der Waals surface area contributed by atoms with Gasteiger partial charge in [-0.2, -0.15) is 0 Å². The van der Waals surface area contributed by atoms with Crippen LogP contribution >= 0.6 is 0 Å². The summed E-state index contributed by atoms with van der Waals surface area (Å²) in [5, 5.41) is 12.9. The zero-order chi connectivity index (χ0) is 19.2. The zero-order valence-corrected chi connectivity index (χ0v) is 15.2. The minimum Gasteiger partial charge on any atom is -0.495 e. The number of fused-ring (bicyclic) bond motifs is 1. The third-order valence-corrected chi connectivity index (χ3v) is 3.97. The Morgan fingerprint density at radius 2 is 2.04 bits per heavy atom. The molecule has 1 atom stereocenters. The maximum absolute atomic E-state index is 12.3. The van der Waals surface area contributed by atoms with Gasteiger partial charge in [-0.1, -0.05) is 12.1 Å². The Labute approximate surface area is 157 Å². The van der Waals surface area contributed by atoms with Crippen LogP contribution in [0.3, 0.4) is 0 Å². The Hall–Kier alpha value is -3.13. The summed E-state index contributed by atoms with van der Waals surface area (Å²) in [6, 6.07) is 11.9. The first-order valence-electron chi connectivity index (χ1n) is 8.42. The van der Waals surface area contributed by atoms with Gasteiger partial charge in [-0.15, -0.1) is 0 Å². The molecule has 2 aromatic carbocycles. The SMILES string of the molecule is COc1ccccc1NC(=O)N(C)CC(O)COc1ccc2c(c1)OCO2. The summed E-state index contributed by atoms with van der Waals surface area (Å²) in [6.07, 6.45) is -0.858. The summed E-state index contributed by atoms with van der Waals surface area (Å²) in [6.45, 7) is 0.324. The lowest BCUT2D eigenvalue weighted by molar-refractivity contribution is 0.0849. The van der Waals surface area contributed by atoms with Crippen molar-refractivity contribution in [2.24, 2.45) is 0 Å². The van der Waals surface area contributed by atoms with Gasteiger partial charge in [-0.05, 0) is 24.3 Å². The highest BCUT2D eigenvalue weighted by atomic mass is 16.7. The number of likely N-dealkylation sites (N-methyl/N-ethyl adjacent to an activating group) is 1. The van der Waals surface area contributed by atoms with E-state index in [9.17, 15) is 9.90 Å². The number of carbonyl (C=O) groups excluding carboxylic acids is 1. The first-order valence-corrected chi connectivity index (χ1v) is 8.42. The van der Waals surface area contributed by atoms with E-state index >= 15 is 0 Å². The fraction of sp³-hybridized carbons (Fsp3) is 0.316. The molecule has 2 amide bonds. The number of nitrogens with one attached hydrogen (secondary N) is 1. The van der Waals surface area contributed by atoms with E-state index in [1.54, 1.807) is 43.4 Å². The molecule has 1 unspecified atom stereocenters. The van der Waals surface area contributed by atoms with E-state index in [1.807, 2.05) is 6.07 Å². The molecule has 0 radical (unpaired) electrons. The van der Waals surface area contributed by atoms with Crippen molar-refractivity contribution >= 4 is 11.7 Å². The van der Waals surface area contributed by atoms with Crippen LogP contribution in [0, 0.1) is 0 Å². The normalized spacial score (nSPS) is 13.0. The Balaban J connectivity index is 1.48. The van der Waals surface area contributed by atoms with Gasteiger partial charge in [0.05, 0.1) is 19.3 Å². The number of rotatable bonds is 7. The van der Waals surface area contributed by atoms with Gasteiger partial charge in [0.15, 0.2) is 11.5 Å². The van der Waals surface area contributed by atoms with Crippen LogP contribution < -0.4 is 24.3 Å². The second kappa shape index (κ2) is 8.50. The molecule has 0 saturated heterocycles. The molecule has 0 aromatic heterocycles. The number of aliphatic hydroxyl groups excluding tert-OH is 1. The van der Waals surface area contributed by atoms with Crippen molar-refractivity contribution in [3.8, 4) is 23.0 Å². The van der Waals surface area contributed by atoms with Gasteiger partial charge in [0, 0.05) is 13.1 Å². The highest BCUT2D eigenvalue weighted by molar-refractivity contribution is 5.90. The van der Waals surface area contributed by atoms with Crippen LogP contribution in [0.5, 0.6) is 23.0 Å². The number of para-hydroxylation sites is 2. The van der Waals surface area contributed by atoms with Crippen LogP contribution in [0.4, 0.5) is 10.5 Å². The monoisotopic (exact) mass is 374 g/mol. The van der Waals surface area contributed by atoms with Crippen LogP contribution in [0.15, 0.2) is 42.5 Å². The zero-order valence-electron chi connectivity index (χ0n) is 15.2. The summed E-state index contributed by atoms with van der Waals surface area (Å²) >= 11 is 0. The largest absolute Gasteiger partial charge is 0.495 e. The molecule has 0 spiro atoms. The molecule has 8 nitrogen and oxygen atoms in total. The van der Waals surface area contributed by atoms with E-state index in [-0.39, 0.29) is 26.0 Å². The summed E-state index contributed by atoms with van der Waals surface area (Å²) in [5.74, 6) is 2.39. The standard InChI is InChI=1S/C19H22N2O6/c1-21(19(23)20-15-5-3-4-6-16(15)24-2)10-13(22)11-25-14-7-8-17-18(9-14)27-12-26-17/h3-9,13,22H,10-12H2,1-2H3,(H,20,23). The number of hydrogen-bond donors (Lipinski definition) is 2. The fourth-order valence-corrected chi connectivity index (χ4v) is 2.57. The van der Waals surface area contributed by atoms with Crippen molar-refractivity contribution in [2.75, 3.05) is 39.4 Å². The molecule has 144 valence electrons. The molecule has 8 heteroatoms. The van der Waals surface area contributed by atoms with Crippen molar-refractivity contribution < 1.29 is 28.8 Å². The summed E-state index contributed by atoms with van der Waals surface area (Å²) in [4.78, 5) is 13.7. The van der Waals surface area contributed by atoms with E-state index in [4.69, 9.17) is 18.9 Å². The molecule has 2 N–H and O–H groups in total. The number of aliphatic hydroxyl groups is 1. The van der Waals surface area contributed by atoms with Crippen LogP contribution in [-0.4, -0.2) is 56.2 Å². The molecule has 0 aliphatic carbocycles. The minimum absolute atomic E-state index is 0.0337. The number of methoxy groups -OCH3 is 1.